The number of aryl methyl sites for hydroxylation is 1. The summed E-state index contributed by atoms with van der Waals surface area (Å²) in [5.41, 5.74) is 6.18. The molecule has 0 aromatic heterocycles. The van der Waals surface area contributed by atoms with Gasteiger partial charge in [0.2, 0.25) is 5.91 Å². The quantitative estimate of drug-likeness (QED) is 0.674. The van der Waals surface area contributed by atoms with Crippen LogP contribution in [0.25, 0.3) is 0 Å². The Hall–Kier alpha value is -2.77. The number of piperidine rings is 1. The van der Waals surface area contributed by atoms with Crippen LogP contribution in [0.4, 0.5) is 0 Å². The summed E-state index contributed by atoms with van der Waals surface area (Å²) in [6, 6.07) is 5.43. The molecule has 2 rings (SSSR count). The third-order valence-corrected chi connectivity index (χ3v) is 4.67. The fourth-order valence-electron chi connectivity index (χ4n) is 3.00. The first-order valence-electron chi connectivity index (χ1n) is 8.88. The molecule has 1 saturated heterocycles. The molecule has 0 spiro atoms. The van der Waals surface area contributed by atoms with Gasteiger partial charge in [0.25, 0.3) is 5.91 Å². The van der Waals surface area contributed by atoms with E-state index in [2.05, 4.69) is 0 Å². The van der Waals surface area contributed by atoms with Crippen molar-refractivity contribution >= 4 is 17.8 Å². The third-order valence-electron chi connectivity index (χ3n) is 4.67. The Morgan fingerprint density at radius 3 is 2.37 bits per heavy atom. The lowest BCUT2D eigenvalue weighted by molar-refractivity contribution is -0.152. The average Bonchev–Trinajstić information content (AvgIpc) is 2.70. The zero-order chi connectivity index (χ0) is 19.8. The minimum atomic E-state index is -0.440. The maximum atomic E-state index is 12.1. The second kappa shape index (κ2) is 9.80. The first-order chi connectivity index (χ1) is 12.9. The lowest BCUT2D eigenvalue weighted by Crippen LogP contribution is -2.43. The number of hydrogen-bond acceptors (Lipinski definition) is 6. The Bertz CT molecular complexity index is 683. The van der Waals surface area contributed by atoms with Crippen molar-refractivity contribution in [2.24, 2.45) is 11.7 Å². The number of rotatable bonds is 8. The summed E-state index contributed by atoms with van der Waals surface area (Å²) in [5.74, 6) is 0.0109. The van der Waals surface area contributed by atoms with Crippen LogP contribution in [0.15, 0.2) is 18.2 Å². The molecule has 8 heteroatoms. The van der Waals surface area contributed by atoms with Crippen molar-refractivity contribution in [2.45, 2.75) is 25.7 Å². The van der Waals surface area contributed by atoms with Crippen LogP contribution in [0.3, 0.4) is 0 Å². The molecule has 0 unspecified atom stereocenters. The van der Waals surface area contributed by atoms with Gasteiger partial charge in [0.15, 0.2) is 18.1 Å². The first-order valence-corrected chi connectivity index (χ1v) is 8.88. The van der Waals surface area contributed by atoms with E-state index in [0.29, 0.717) is 43.9 Å². The normalized spacial score (nSPS) is 14.5. The number of carbonyl (C=O) groups excluding carboxylic acids is 3. The third kappa shape index (κ3) is 5.87. The van der Waals surface area contributed by atoms with Crippen molar-refractivity contribution in [3.05, 3.63) is 23.8 Å². The zero-order valence-corrected chi connectivity index (χ0v) is 15.7. The second-order valence-electron chi connectivity index (χ2n) is 6.41. The van der Waals surface area contributed by atoms with Gasteiger partial charge in [0, 0.05) is 25.4 Å². The summed E-state index contributed by atoms with van der Waals surface area (Å²) in [6.07, 6.45) is 1.73. The van der Waals surface area contributed by atoms with E-state index in [-0.39, 0.29) is 30.8 Å². The molecule has 0 saturated carbocycles. The molecule has 2 N–H and O–H groups in total. The number of nitrogens with two attached hydrogens (primary N) is 1. The van der Waals surface area contributed by atoms with Crippen LogP contribution >= 0.6 is 0 Å². The Morgan fingerprint density at radius 1 is 1.11 bits per heavy atom. The Morgan fingerprint density at radius 2 is 1.78 bits per heavy atom. The lowest BCUT2D eigenvalue weighted by atomic mass is 9.96. The van der Waals surface area contributed by atoms with Gasteiger partial charge in [-0.3, -0.25) is 14.4 Å². The van der Waals surface area contributed by atoms with E-state index in [0.717, 1.165) is 5.56 Å². The number of benzene rings is 1. The Balaban J connectivity index is 1.73. The van der Waals surface area contributed by atoms with Gasteiger partial charge < -0.3 is 24.8 Å². The second-order valence-corrected chi connectivity index (χ2v) is 6.41. The van der Waals surface area contributed by atoms with E-state index >= 15 is 0 Å². The van der Waals surface area contributed by atoms with Gasteiger partial charge in [-0.05, 0) is 37.0 Å². The Labute approximate surface area is 158 Å². The number of nitrogens with zero attached hydrogens (tertiary/aromatic N) is 1. The van der Waals surface area contributed by atoms with Crippen molar-refractivity contribution in [3.63, 3.8) is 0 Å². The van der Waals surface area contributed by atoms with Gasteiger partial charge in [-0.25, -0.2) is 0 Å². The highest BCUT2D eigenvalue weighted by Gasteiger charge is 2.26. The molecule has 0 aliphatic carbocycles. The van der Waals surface area contributed by atoms with Crippen LogP contribution in [0.1, 0.15) is 24.8 Å². The molecular formula is C19H26N2O6. The van der Waals surface area contributed by atoms with Gasteiger partial charge in [0.1, 0.15) is 0 Å². The monoisotopic (exact) mass is 378 g/mol. The summed E-state index contributed by atoms with van der Waals surface area (Å²) < 4.78 is 15.5. The number of carbonyl (C=O) groups is 3. The van der Waals surface area contributed by atoms with Crippen molar-refractivity contribution in [1.29, 1.82) is 0 Å². The predicted molar refractivity (Wildman–Crippen MR) is 97.3 cm³/mol. The van der Waals surface area contributed by atoms with E-state index < -0.39 is 5.97 Å². The van der Waals surface area contributed by atoms with Gasteiger partial charge in [-0.15, -0.1) is 0 Å². The lowest BCUT2D eigenvalue weighted by Gasteiger charge is -2.30. The molecule has 8 nitrogen and oxygen atoms in total. The van der Waals surface area contributed by atoms with Gasteiger partial charge in [0.05, 0.1) is 14.2 Å². The van der Waals surface area contributed by atoms with Crippen LogP contribution < -0.4 is 15.2 Å². The smallest absolute Gasteiger partial charge is 0.306 e. The van der Waals surface area contributed by atoms with Gasteiger partial charge >= 0.3 is 5.97 Å². The average molecular weight is 378 g/mol. The zero-order valence-electron chi connectivity index (χ0n) is 15.7. The molecule has 0 bridgehead atoms. The highest BCUT2D eigenvalue weighted by Crippen LogP contribution is 2.28. The minimum absolute atomic E-state index is 0.159. The number of amides is 2. The van der Waals surface area contributed by atoms with Crippen LogP contribution in [0.5, 0.6) is 11.5 Å². The van der Waals surface area contributed by atoms with Crippen LogP contribution in [-0.2, 0) is 25.5 Å². The van der Waals surface area contributed by atoms with E-state index in [9.17, 15) is 14.4 Å². The molecule has 2 amide bonds. The van der Waals surface area contributed by atoms with Crippen molar-refractivity contribution in [2.75, 3.05) is 33.9 Å². The standard InChI is InChI=1S/C19H26N2O6/c1-25-15-5-3-13(11-16(15)26-2)4-6-18(23)27-12-17(22)21-9-7-14(8-10-21)19(20)24/h3,5,11,14H,4,6-10,12H2,1-2H3,(H2,20,24). The molecule has 27 heavy (non-hydrogen) atoms. The summed E-state index contributed by atoms with van der Waals surface area (Å²) in [5, 5.41) is 0. The first kappa shape index (κ1) is 20.5. The molecule has 1 aromatic carbocycles. The fourth-order valence-corrected chi connectivity index (χ4v) is 3.00. The molecule has 1 heterocycles. The molecule has 1 aliphatic rings. The number of hydrogen-bond donors (Lipinski definition) is 1. The Kier molecular flexibility index (Phi) is 7.45. The van der Waals surface area contributed by atoms with Gasteiger partial charge in [-0.1, -0.05) is 6.07 Å². The van der Waals surface area contributed by atoms with Crippen molar-refractivity contribution in [1.82, 2.24) is 4.90 Å². The minimum Gasteiger partial charge on any atom is -0.493 e. The number of likely N-dealkylation sites (tertiary alicyclic amines) is 1. The van der Waals surface area contributed by atoms with E-state index in [1.807, 2.05) is 6.07 Å². The summed E-state index contributed by atoms with van der Waals surface area (Å²) >= 11 is 0. The maximum Gasteiger partial charge on any atom is 0.306 e. The molecular weight excluding hydrogens is 352 g/mol. The maximum absolute atomic E-state index is 12.1. The van der Waals surface area contributed by atoms with Crippen LogP contribution in [0, 0.1) is 5.92 Å². The highest BCUT2D eigenvalue weighted by molar-refractivity contribution is 5.81. The fraction of sp³-hybridized carbons (Fsp3) is 0.526. The van der Waals surface area contributed by atoms with E-state index in [4.69, 9.17) is 19.9 Å². The van der Waals surface area contributed by atoms with Crippen LogP contribution in [0.2, 0.25) is 0 Å². The molecule has 1 aliphatic heterocycles. The SMILES string of the molecule is COc1ccc(CCC(=O)OCC(=O)N2CCC(C(N)=O)CC2)cc1OC. The summed E-state index contributed by atoms with van der Waals surface area (Å²) in [6.45, 7) is 0.622. The molecule has 148 valence electrons. The van der Waals surface area contributed by atoms with Gasteiger partial charge in [-0.2, -0.15) is 0 Å². The van der Waals surface area contributed by atoms with Crippen LogP contribution in [-0.4, -0.2) is 56.6 Å². The van der Waals surface area contributed by atoms with Crippen molar-refractivity contribution < 1.29 is 28.6 Å². The molecule has 0 radical (unpaired) electrons. The highest BCUT2D eigenvalue weighted by atomic mass is 16.5. The molecule has 1 aromatic rings. The molecule has 1 fully saturated rings. The summed E-state index contributed by atoms with van der Waals surface area (Å²) in [4.78, 5) is 36.8. The number of primary amides is 1. The molecule has 0 atom stereocenters. The number of methoxy groups -OCH3 is 2. The van der Waals surface area contributed by atoms with E-state index in [1.54, 1.807) is 31.3 Å². The summed E-state index contributed by atoms with van der Waals surface area (Å²) in [7, 11) is 3.11. The van der Waals surface area contributed by atoms with Crippen molar-refractivity contribution in [3.8, 4) is 11.5 Å². The number of ether oxygens (including phenoxy) is 3. The largest absolute Gasteiger partial charge is 0.493 e. The van der Waals surface area contributed by atoms with E-state index in [1.165, 1.54) is 0 Å². The predicted octanol–water partition coefficient (Wildman–Crippen LogP) is 0.904. The number of esters is 1. The topological polar surface area (TPSA) is 108 Å².